The molecule has 5 nitrogen and oxygen atoms in total. The molecule has 3 rings (SSSR count). The second-order valence-corrected chi connectivity index (χ2v) is 6.42. The summed E-state index contributed by atoms with van der Waals surface area (Å²) in [6.07, 6.45) is 1.78. The molecule has 0 fully saturated rings. The average Bonchev–Trinajstić information content (AvgIpc) is 2.88. The third-order valence-corrected chi connectivity index (χ3v) is 4.40. The van der Waals surface area contributed by atoms with E-state index in [9.17, 15) is 4.79 Å². The molecular weight excluding hydrogens is 368 g/mol. The van der Waals surface area contributed by atoms with Crippen LogP contribution in [0.4, 0.5) is 11.4 Å². The molecule has 0 saturated carbocycles. The number of nitrogens with one attached hydrogen (secondary N) is 1. The number of hydrogen-bond donors (Lipinski definition) is 2. The predicted octanol–water partition coefficient (Wildman–Crippen LogP) is 4.00. The van der Waals surface area contributed by atoms with Gasteiger partial charge in [-0.15, -0.1) is 0 Å². The molecule has 122 valence electrons. The van der Waals surface area contributed by atoms with Crippen molar-refractivity contribution in [1.29, 1.82) is 0 Å². The number of anilines is 2. The number of primary amides is 1. The summed E-state index contributed by atoms with van der Waals surface area (Å²) in [5, 5.41) is 7.63. The summed E-state index contributed by atoms with van der Waals surface area (Å²) < 4.78 is 2.78. The maximum absolute atomic E-state index is 11.3. The molecule has 2 aromatic carbocycles. The third-order valence-electron chi connectivity index (χ3n) is 3.82. The number of aromatic nitrogens is 2. The standard InChI is InChI=1S/C18H17BrN4O/c1-11-8-13(18(20)24)6-7-16(11)22-14-5-3-4-12(9-14)17-15(19)10-21-23(17)2/h3-10,22H,1-2H3,(H2,20,24). The molecule has 0 saturated heterocycles. The van der Waals surface area contributed by atoms with Crippen molar-refractivity contribution in [2.75, 3.05) is 5.32 Å². The lowest BCUT2D eigenvalue weighted by Gasteiger charge is -2.12. The first-order valence-corrected chi connectivity index (χ1v) is 8.20. The highest BCUT2D eigenvalue weighted by molar-refractivity contribution is 9.10. The summed E-state index contributed by atoms with van der Waals surface area (Å²) in [7, 11) is 1.91. The van der Waals surface area contributed by atoms with E-state index >= 15 is 0 Å². The molecule has 24 heavy (non-hydrogen) atoms. The van der Waals surface area contributed by atoms with Crippen LogP contribution in [0.2, 0.25) is 0 Å². The van der Waals surface area contributed by atoms with Crippen molar-refractivity contribution in [2.45, 2.75) is 6.92 Å². The number of nitrogens with zero attached hydrogens (tertiary/aromatic N) is 2. The largest absolute Gasteiger partial charge is 0.366 e. The molecule has 1 amide bonds. The van der Waals surface area contributed by atoms with Crippen LogP contribution in [0, 0.1) is 6.92 Å². The number of carbonyl (C=O) groups excluding carboxylic acids is 1. The van der Waals surface area contributed by atoms with Gasteiger partial charge in [-0.3, -0.25) is 9.48 Å². The van der Waals surface area contributed by atoms with Gasteiger partial charge < -0.3 is 11.1 Å². The molecule has 0 radical (unpaired) electrons. The number of halogens is 1. The number of carbonyl (C=O) groups is 1. The van der Waals surface area contributed by atoms with Gasteiger partial charge in [0.15, 0.2) is 0 Å². The van der Waals surface area contributed by atoms with Gasteiger partial charge in [0.25, 0.3) is 0 Å². The fraction of sp³-hybridized carbons (Fsp3) is 0.111. The lowest BCUT2D eigenvalue weighted by atomic mass is 10.1. The van der Waals surface area contributed by atoms with Crippen LogP contribution in [0.25, 0.3) is 11.3 Å². The maximum Gasteiger partial charge on any atom is 0.248 e. The lowest BCUT2D eigenvalue weighted by molar-refractivity contribution is 0.1000. The number of rotatable bonds is 4. The molecule has 0 atom stereocenters. The highest BCUT2D eigenvalue weighted by atomic mass is 79.9. The van der Waals surface area contributed by atoms with E-state index in [2.05, 4.69) is 32.4 Å². The van der Waals surface area contributed by atoms with Gasteiger partial charge in [-0.1, -0.05) is 12.1 Å². The van der Waals surface area contributed by atoms with Gasteiger partial charge in [-0.05, 0) is 58.7 Å². The van der Waals surface area contributed by atoms with Crippen molar-refractivity contribution >= 4 is 33.2 Å². The van der Waals surface area contributed by atoms with Crippen molar-refractivity contribution in [2.24, 2.45) is 12.8 Å². The van der Waals surface area contributed by atoms with Crippen molar-refractivity contribution in [3.63, 3.8) is 0 Å². The van der Waals surface area contributed by atoms with Crippen LogP contribution in [0.1, 0.15) is 15.9 Å². The zero-order valence-corrected chi connectivity index (χ0v) is 15.0. The molecule has 0 bridgehead atoms. The molecule has 1 heterocycles. The molecule has 0 aliphatic carbocycles. The Kier molecular flexibility index (Phi) is 4.40. The van der Waals surface area contributed by atoms with Gasteiger partial charge in [0.1, 0.15) is 0 Å². The number of hydrogen-bond acceptors (Lipinski definition) is 3. The highest BCUT2D eigenvalue weighted by Crippen LogP contribution is 2.30. The zero-order chi connectivity index (χ0) is 17.3. The number of nitrogens with two attached hydrogens (primary N) is 1. The van der Waals surface area contributed by atoms with Crippen LogP contribution in [0.3, 0.4) is 0 Å². The Balaban J connectivity index is 1.92. The minimum absolute atomic E-state index is 0.423. The van der Waals surface area contributed by atoms with Crippen LogP contribution in [0.15, 0.2) is 53.1 Å². The number of aryl methyl sites for hydroxylation is 2. The Labute approximate surface area is 148 Å². The molecule has 6 heteroatoms. The first kappa shape index (κ1) is 16.3. The van der Waals surface area contributed by atoms with Gasteiger partial charge >= 0.3 is 0 Å². The summed E-state index contributed by atoms with van der Waals surface area (Å²) in [5.41, 5.74) is 10.7. The molecule has 0 aliphatic rings. The van der Waals surface area contributed by atoms with Gasteiger partial charge in [-0.2, -0.15) is 5.10 Å². The average molecular weight is 385 g/mol. The second kappa shape index (κ2) is 6.49. The Bertz CT molecular complexity index is 898. The van der Waals surface area contributed by atoms with Crippen molar-refractivity contribution < 1.29 is 4.79 Å². The molecule has 0 unspecified atom stereocenters. The summed E-state index contributed by atoms with van der Waals surface area (Å²) in [6, 6.07) is 13.5. The summed E-state index contributed by atoms with van der Waals surface area (Å²) in [5.74, 6) is -0.423. The fourth-order valence-electron chi connectivity index (χ4n) is 2.59. The van der Waals surface area contributed by atoms with Crippen LogP contribution in [0.5, 0.6) is 0 Å². The normalized spacial score (nSPS) is 10.6. The Morgan fingerprint density at radius 3 is 2.67 bits per heavy atom. The smallest absolute Gasteiger partial charge is 0.248 e. The van der Waals surface area contributed by atoms with Crippen molar-refractivity contribution in [3.8, 4) is 11.3 Å². The topological polar surface area (TPSA) is 72.9 Å². The zero-order valence-electron chi connectivity index (χ0n) is 13.4. The van der Waals surface area contributed by atoms with Crippen molar-refractivity contribution in [1.82, 2.24) is 9.78 Å². The fourth-order valence-corrected chi connectivity index (χ4v) is 3.17. The lowest BCUT2D eigenvalue weighted by Crippen LogP contribution is -2.11. The molecule has 3 aromatic rings. The summed E-state index contributed by atoms with van der Waals surface area (Å²) >= 11 is 3.53. The van der Waals surface area contributed by atoms with E-state index in [1.807, 2.05) is 42.9 Å². The maximum atomic E-state index is 11.3. The minimum atomic E-state index is -0.423. The van der Waals surface area contributed by atoms with Gasteiger partial charge in [0, 0.05) is 29.5 Å². The van der Waals surface area contributed by atoms with Crippen molar-refractivity contribution in [3.05, 3.63) is 64.3 Å². The van der Waals surface area contributed by atoms with Gasteiger partial charge in [0.2, 0.25) is 5.91 Å². The molecular formula is C18H17BrN4O. The van der Waals surface area contributed by atoms with E-state index in [0.717, 1.165) is 32.7 Å². The molecule has 0 spiro atoms. The van der Waals surface area contributed by atoms with E-state index in [1.54, 1.807) is 18.3 Å². The van der Waals surface area contributed by atoms with E-state index in [1.165, 1.54) is 0 Å². The molecule has 3 N–H and O–H groups in total. The predicted molar refractivity (Wildman–Crippen MR) is 99.3 cm³/mol. The second-order valence-electron chi connectivity index (χ2n) is 5.56. The van der Waals surface area contributed by atoms with Crippen LogP contribution in [-0.4, -0.2) is 15.7 Å². The summed E-state index contributed by atoms with van der Waals surface area (Å²) in [4.78, 5) is 11.3. The Hall–Kier alpha value is -2.60. The summed E-state index contributed by atoms with van der Waals surface area (Å²) in [6.45, 7) is 1.94. The molecule has 0 aliphatic heterocycles. The van der Waals surface area contributed by atoms with Crippen LogP contribution in [-0.2, 0) is 7.05 Å². The van der Waals surface area contributed by atoms with Crippen LogP contribution < -0.4 is 11.1 Å². The first-order valence-electron chi connectivity index (χ1n) is 7.41. The Morgan fingerprint density at radius 2 is 2.04 bits per heavy atom. The van der Waals surface area contributed by atoms with E-state index in [0.29, 0.717) is 5.56 Å². The van der Waals surface area contributed by atoms with Gasteiger partial charge in [-0.25, -0.2) is 0 Å². The monoisotopic (exact) mass is 384 g/mol. The first-order chi connectivity index (χ1) is 11.5. The number of benzene rings is 2. The number of amides is 1. The van der Waals surface area contributed by atoms with Gasteiger partial charge in [0.05, 0.1) is 16.4 Å². The van der Waals surface area contributed by atoms with E-state index in [4.69, 9.17) is 5.73 Å². The quantitative estimate of drug-likeness (QED) is 0.713. The molecule has 1 aromatic heterocycles. The SMILES string of the molecule is Cc1cc(C(N)=O)ccc1Nc1cccc(-c2c(Br)cnn2C)c1. The third kappa shape index (κ3) is 3.19. The minimum Gasteiger partial charge on any atom is -0.366 e. The van der Waals surface area contributed by atoms with Crippen LogP contribution >= 0.6 is 15.9 Å². The van der Waals surface area contributed by atoms with E-state index in [-0.39, 0.29) is 0 Å². The van der Waals surface area contributed by atoms with E-state index < -0.39 is 5.91 Å². The Morgan fingerprint density at radius 1 is 1.25 bits per heavy atom. The highest BCUT2D eigenvalue weighted by Gasteiger charge is 2.10.